The monoisotopic (exact) mass is 247 g/mol. The fraction of sp³-hybridized carbons (Fsp3) is 0.500. The smallest absolute Gasteiger partial charge is 0.123 e. The van der Waals surface area contributed by atoms with Gasteiger partial charge in [-0.05, 0) is 32.0 Å². The van der Waals surface area contributed by atoms with E-state index in [9.17, 15) is 0 Å². The fourth-order valence-corrected chi connectivity index (χ4v) is 1.85. The van der Waals surface area contributed by atoms with Crippen LogP contribution >= 0.6 is 0 Å². The Morgan fingerprint density at radius 1 is 1.44 bits per heavy atom. The number of hydrogen-bond donors (Lipinski definition) is 1. The molecule has 0 amide bonds. The van der Waals surface area contributed by atoms with E-state index in [-0.39, 0.29) is 0 Å². The Morgan fingerprint density at radius 2 is 2.17 bits per heavy atom. The van der Waals surface area contributed by atoms with Crippen molar-refractivity contribution in [2.45, 2.75) is 32.9 Å². The Labute approximate surface area is 109 Å². The normalized spacial score (nSPS) is 10.7. The molecule has 0 aromatic heterocycles. The van der Waals surface area contributed by atoms with Gasteiger partial charge in [0.2, 0.25) is 0 Å². The van der Waals surface area contributed by atoms with Gasteiger partial charge in [-0.3, -0.25) is 4.90 Å². The number of nitrogens with zero attached hydrogens (tertiary/aromatic N) is 2. The molecular weight excluding hydrogens is 226 g/mol. The van der Waals surface area contributed by atoms with Crippen molar-refractivity contribution >= 4 is 5.69 Å². The Morgan fingerprint density at radius 3 is 2.72 bits per heavy atom. The summed E-state index contributed by atoms with van der Waals surface area (Å²) in [5.41, 5.74) is 7.60. The van der Waals surface area contributed by atoms with E-state index < -0.39 is 0 Å². The van der Waals surface area contributed by atoms with Gasteiger partial charge in [-0.15, -0.1) is 0 Å². The van der Waals surface area contributed by atoms with Gasteiger partial charge in [0.25, 0.3) is 0 Å². The van der Waals surface area contributed by atoms with E-state index in [2.05, 4.69) is 24.8 Å². The number of nitrogens with two attached hydrogens (primary N) is 1. The highest BCUT2D eigenvalue weighted by Crippen LogP contribution is 2.23. The number of anilines is 1. The van der Waals surface area contributed by atoms with Crippen LogP contribution in [-0.2, 0) is 6.54 Å². The summed E-state index contributed by atoms with van der Waals surface area (Å²) in [4.78, 5) is 2.24. The number of nitriles is 1. The second-order valence-electron chi connectivity index (χ2n) is 4.54. The molecule has 0 aliphatic carbocycles. The lowest BCUT2D eigenvalue weighted by Gasteiger charge is -2.26. The Balaban J connectivity index is 2.85. The summed E-state index contributed by atoms with van der Waals surface area (Å²) >= 11 is 0. The van der Waals surface area contributed by atoms with E-state index in [1.807, 2.05) is 18.2 Å². The molecule has 2 N–H and O–H groups in total. The minimum Gasteiger partial charge on any atom is -0.496 e. The van der Waals surface area contributed by atoms with Crippen LogP contribution in [0.5, 0.6) is 5.75 Å². The van der Waals surface area contributed by atoms with Crippen LogP contribution in [0.4, 0.5) is 5.69 Å². The molecule has 1 aromatic carbocycles. The zero-order valence-electron chi connectivity index (χ0n) is 11.3. The minimum atomic E-state index is 0.379. The molecule has 0 heterocycles. The molecule has 0 radical (unpaired) electrons. The molecule has 0 aliphatic rings. The number of methoxy groups -OCH3 is 1. The van der Waals surface area contributed by atoms with Crippen molar-refractivity contribution in [3.63, 3.8) is 0 Å². The quantitative estimate of drug-likeness (QED) is 0.784. The van der Waals surface area contributed by atoms with Gasteiger partial charge in [0.05, 0.1) is 13.2 Å². The SMILES string of the molecule is COc1ccc(N)cc1CN(CCC#N)C(C)C. The summed E-state index contributed by atoms with van der Waals surface area (Å²) < 4.78 is 5.34. The van der Waals surface area contributed by atoms with Crippen LogP contribution in [0.1, 0.15) is 25.8 Å². The average Bonchev–Trinajstić information content (AvgIpc) is 2.34. The third-order valence-electron chi connectivity index (χ3n) is 2.92. The predicted molar refractivity (Wildman–Crippen MR) is 73.2 cm³/mol. The maximum atomic E-state index is 8.69. The zero-order valence-corrected chi connectivity index (χ0v) is 11.3. The van der Waals surface area contributed by atoms with Gasteiger partial charge < -0.3 is 10.5 Å². The van der Waals surface area contributed by atoms with E-state index in [1.54, 1.807) is 7.11 Å². The molecule has 98 valence electrons. The highest BCUT2D eigenvalue weighted by molar-refractivity contribution is 5.47. The van der Waals surface area contributed by atoms with Crippen LogP contribution in [0.25, 0.3) is 0 Å². The molecule has 4 heteroatoms. The molecule has 0 aliphatic heterocycles. The van der Waals surface area contributed by atoms with Crippen molar-refractivity contribution in [2.24, 2.45) is 0 Å². The second kappa shape index (κ2) is 6.87. The molecule has 1 rings (SSSR count). The molecule has 1 aromatic rings. The van der Waals surface area contributed by atoms with Crippen molar-refractivity contribution in [2.75, 3.05) is 19.4 Å². The maximum Gasteiger partial charge on any atom is 0.123 e. The predicted octanol–water partition coefficient (Wildman–Crippen LogP) is 2.40. The van der Waals surface area contributed by atoms with Gasteiger partial charge in [-0.1, -0.05) is 0 Å². The van der Waals surface area contributed by atoms with Crippen LogP contribution in [0, 0.1) is 11.3 Å². The zero-order chi connectivity index (χ0) is 13.5. The van der Waals surface area contributed by atoms with Crippen molar-refractivity contribution in [1.29, 1.82) is 5.26 Å². The van der Waals surface area contributed by atoms with Crippen molar-refractivity contribution in [3.8, 4) is 11.8 Å². The summed E-state index contributed by atoms with van der Waals surface area (Å²) in [6.07, 6.45) is 0.531. The minimum absolute atomic E-state index is 0.379. The summed E-state index contributed by atoms with van der Waals surface area (Å²) in [6, 6.07) is 8.20. The molecule has 18 heavy (non-hydrogen) atoms. The summed E-state index contributed by atoms with van der Waals surface area (Å²) in [7, 11) is 1.66. The van der Waals surface area contributed by atoms with Gasteiger partial charge in [-0.2, -0.15) is 5.26 Å². The molecule has 0 fully saturated rings. The number of hydrogen-bond acceptors (Lipinski definition) is 4. The average molecular weight is 247 g/mol. The summed E-state index contributed by atoms with van der Waals surface area (Å²) in [6.45, 7) is 5.74. The van der Waals surface area contributed by atoms with Gasteiger partial charge in [-0.25, -0.2) is 0 Å². The van der Waals surface area contributed by atoms with Crippen LogP contribution in [-0.4, -0.2) is 24.6 Å². The van der Waals surface area contributed by atoms with Gasteiger partial charge in [0.15, 0.2) is 0 Å². The number of rotatable bonds is 6. The number of benzene rings is 1. The largest absolute Gasteiger partial charge is 0.496 e. The summed E-state index contributed by atoms with van der Waals surface area (Å²) in [5, 5.41) is 8.69. The highest BCUT2D eigenvalue weighted by atomic mass is 16.5. The first kappa shape index (κ1) is 14.3. The second-order valence-corrected chi connectivity index (χ2v) is 4.54. The van der Waals surface area contributed by atoms with E-state index in [0.717, 1.165) is 30.1 Å². The molecule has 4 nitrogen and oxygen atoms in total. The van der Waals surface area contributed by atoms with E-state index >= 15 is 0 Å². The molecule has 0 spiro atoms. The van der Waals surface area contributed by atoms with E-state index in [4.69, 9.17) is 15.7 Å². The van der Waals surface area contributed by atoms with Crippen molar-refractivity contribution < 1.29 is 4.74 Å². The third kappa shape index (κ3) is 3.94. The molecule has 0 unspecified atom stereocenters. The first-order chi connectivity index (χ1) is 8.58. The van der Waals surface area contributed by atoms with E-state index in [1.165, 1.54) is 0 Å². The summed E-state index contributed by atoms with van der Waals surface area (Å²) in [5.74, 6) is 0.840. The number of ether oxygens (including phenoxy) is 1. The highest BCUT2D eigenvalue weighted by Gasteiger charge is 2.13. The van der Waals surface area contributed by atoms with Gasteiger partial charge in [0, 0.05) is 36.8 Å². The van der Waals surface area contributed by atoms with Crippen molar-refractivity contribution in [1.82, 2.24) is 4.90 Å². The lowest BCUT2D eigenvalue weighted by molar-refractivity contribution is 0.215. The maximum absolute atomic E-state index is 8.69. The Hall–Kier alpha value is -1.73. The Kier molecular flexibility index (Phi) is 5.47. The van der Waals surface area contributed by atoms with Crippen LogP contribution < -0.4 is 10.5 Å². The fourth-order valence-electron chi connectivity index (χ4n) is 1.85. The first-order valence-electron chi connectivity index (χ1n) is 6.12. The van der Waals surface area contributed by atoms with Crippen LogP contribution in [0.3, 0.4) is 0 Å². The van der Waals surface area contributed by atoms with Crippen LogP contribution in [0.2, 0.25) is 0 Å². The topological polar surface area (TPSA) is 62.3 Å². The van der Waals surface area contributed by atoms with E-state index in [0.29, 0.717) is 12.5 Å². The van der Waals surface area contributed by atoms with Crippen molar-refractivity contribution in [3.05, 3.63) is 23.8 Å². The standard InChI is InChI=1S/C14H21N3O/c1-11(2)17(8-4-7-15)10-12-9-13(16)5-6-14(12)18-3/h5-6,9,11H,4,8,10,16H2,1-3H3. The molecule has 0 saturated heterocycles. The lowest BCUT2D eigenvalue weighted by atomic mass is 10.1. The molecule has 0 atom stereocenters. The third-order valence-corrected chi connectivity index (χ3v) is 2.92. The first-order valence-corrected chi connectivity index (χ1v) is 6.12. The van der Waals surface area contributed by atoms with Gasteiger partial charge >= 0.3 is 0 Å². The molecule has 0 bridgehead atoms. The Bertz CT molecular complexity index is 424. The lowest BCUT2D eigenvalue weighted by Crippen LogP contribution is -2.31. The molecular formula is C14H21N3O. The molecule has 0 saturated carbocycles. The number of nitrogen functional groups attached to an aromatic ring is 1. The van der Waals surface area contributed by atoms with Crippen LogP contribution in [0.15, 0.2) is 18.2 Å². The van der Waals surface area contributed by atoms with Gasteiger partial charge in [0.1, 0.15) is 5.75 Å².